The molecular weight excluding hydrogens is 294 g/mol. The van der Waals surface area contributed by atoms with Gasteiger partial charge in [0.15, 0.2) is 0 Å². The molecule has 1 saturated heterocycles. The molecule has 1 amide bonds. The van der Waals surface area contributed by atoms with Crippen molar-refractivity contribution in [3.05, 3.63) is 18.3 Å². The summed E-state index contributed by atoms with van der Waals surface area (Å²) in [6.45, 7) is 6.67. The van der Waals surface area contributed by atoms with E-state index in [4.69, 9.17) is 4.74 Å². The normalized spacial score (nSPS) is 15.7. The molecule has 23 heavy (non-hydrogen) atoms. The van der Waals surface area contributed by atoms with Gasteiger partial charge in [-0.15, -0.1) is 0 Å². The zero-order chi connectivity index (χ0) is 16.9. The second-order valence-electron chi connectivity index (χ2n) is 5.98. The van der Waals surface area contributed by atoms with Gasteiger partial charge in [0.25, 0.3) is 0 Å². The average Bonchev–Trinajstić information content (AvgIpc) is 2.64. The van der Waals surface area contributed by atoms with Crippen molar-refractivity contribution in [1.29, 1.82) is 0 Å². The molecule has 0 unspecified atom stereocenters. The topological polar surface area (TPSA) is 65.9 Å². The van der Waals surface area contributed by atoms with Crippen LogP contribution in [-0.2, 0) is 4.79 Å². The SMILES string of the molecule is CCC(CC)(CO)C(=O)N1CCN(c2ccc(OC)cn2)CC1. The van der Waals surface area contributed by atoms with Gasteiger partial charge >= 0.3 is 0 Å². The van der Waals surface area contributed by atoms with E-state index in [2.05, 4.69) is 9.88 Å². The van der Waals surface area contributed by atoms with Gasteiger partial charge < -0.3 is 19.6 Å². The fraction of sp³-hybridized carbons (Fsp3) is 0.647. The molecule has 0 atom stereocenters. The fourth-order valence-corrected chi connectivity index (χ4v) is 3.00. The number of aliphatic hydroxyl groups is 1. The minimum absolute atomic E-state index is 0.0762. The Kier molecular flexibility index (Phi) is 5.82. The highest BCUT2D eigenvalue weighted by Gasteiger charge is 2.38. The number of pyridine rings is 1. The van der Waals surface area contributed by atoms with Crippen LogP contribution in [0.2, 0.25) is 0 Å². The number of rotatable bonds is 6. The summed E-state index contributed by atoms with van der Waals surface area (Å²) in [4.78, 5) is 21.2. The van der Waals surface area contributed by atoms with Gasteiger partial charge in [-0.3, -0.25) is 4.79 Å². The number of hydrogen-bond donors (Lipinski definition) is 1. The summed E-state index contributed by atoms with van der Waals surface area (Å²) in [6, 6.07) is 3.83. The van der Waals surface area contributed by atoms with Gasteiger partial charge in [0, 0.05) is 26.2 Å². The molecule has 0 radical (unpaired) electrons. The Labute approximate surface area is 138 Å². The number of carbonyl (C=O) groups is 1. The first-order chi connectivity index (χ1) is 11.1. The van der Waals surface area contributed by atoms with Crippen LogP contribution < -0.4 is 9.64 Å². The lowest BCUT2D eigenvalue weighted by atomic mass is 9.81. The summed E-state index contributed by atoms with van der Waals surface area (Å²) in [5, 5.41) is 9.68. The fourth-order valence-electron chi connectivity index (χ4n) is 3.00. The second-order valence-corrected chi connectivity index (χ2v) is 5.98. The van der Waals surface area contributed by atoms with Gasteiger partial charge in [0.1, 0.15) is 11.6 Å². The van der Waals surface area contributed by atoms with E-state index in [1.165, 1.54) is 0 Å². The van der Waals surface area contributed by atoms with Crippen LogP contribution in [0.1, 0.15) is 26.7 Å². The minimum Gasteiger partial charge on any atom is -0.495 e. The van der Waals surface area contributed by atoms with Crippen molar-refractivity contribution in [2.45, 2.75) is 26.7 Å². The quantitative estimate of drug-likeness (QED) is 0.861. The molecule has 1 N–H and O–H groups in total. The van der Waals surface area contributed by atoms with E-state index >= 15 is 0 Å². The summed E-state index contributed by atoms with van der Waals surface area (Å²) in [6.07, 6.45) is 3.04. The highest BCUT2D eigenvalue weighted by molar-refractivity contribution is 5.83. The maximum absolute atomic E-state index is 12.8. The van der Waals surface area contributed by atoms with Crippen molar-refractivity contribution < 1.29 is 14.6 Å². The van der Waals surface area contributed by atoms with E-state index in [1.807, 2.05) is 30.9 Å². The first kappa shape index (κ1) is 17.5. The number of methoxy groups -OCH3 is 1. The van der Waals surface area contributed by atoms with Crippen LogP contribution in [0.5, 0.6) is 5.75 Å². The van der Waals surface area contributed by atoms with E-state index in [9.17, 15) is 9.90 Å². The number of aromatic nitrogens is 1. The number of ether oxygens (including phenoxy) is 1. The molecule has 0 aromatic carbocycles. The predicted molar refractivity (Wildman–Crippen MR) is 89.7 cm³/mol. The van der Waals surface area contributed by atoms with Crippen LogP contribution in [0.15, 0.2) is 18.3 Å². The van der Waals surface area contributed by atoms with Crippen LogP contribution in [0.3, 0.4) is 0 Å². The summed E-state index contributed by atoms with van der Waals surface area (Å²) >= 11 is 0. The molecular formula is C17H27N3O3. The molecule has 0 bridgehead atoms. The standard InChI is InChI=1S/C17H27N3O3/c1-4-17(5-2,13-21)16(22)20-10-8-19(9-11-20)15-7-6-14(23-3)12-18-15/h6-7,12,21H,4-5,8-11,13H2,1-3H3. The van der Waals surface area contributed by atoms with Gasteiger partial charge in [-0.25, -0.2) is 4.98 Å². The number of aliphatic hydroxyl groups excluding tert-OH is 1. The van der Waals surface area contributed by atoms with Crippen LogP contribution in [0, 0.1) is 5.41 Å². The lowest BCUT2D eigenvalue weighted by Crippen LogP contribution is -2.54. The number of amides is 1. The van der Waals surface area contributed by atoms with Crippen molar-refractivity contribution in [3.63, 3.8) is 0 Å². The van der Waals surface area contributed by atoms with Crippen LogP contribution >= 0.6 is 0 Å². The molecule has 1 aliphatic rings. The van der Waals surface area contributed by atoms with E-state index < -0.39 is 5.41 Å². The largest absolute Gasteiger partial charge is 0.495 e. The minimum atomic E-state index is -0.624. The average molecular weight is 321 g/mol. The lowest BCUT2D eigenvalue weighted by molar-refractivity contribution is -0.145. The molecule has 0 saturated carbocycles. The Morgan fingerprint density at radius 2 is 1.91 bits per heavy atom. The van der Waals surface area contributed by atoms with E-state index in [1.54, 1.807) is 13.3 Å². The number of carbonyl (C=O) groups excluding carboxylic acids is 1. The highest BCUT2D eigenvalue weighted by Crippen LogP contribution is 2.29. The maximum atomic E-state index is 12.8. The van der Waals surface area contributed by atoms with Crippen molar-refractivity contribution in [1.82, 2.24) is 9.88 Å². The third kappa shape index (κ3) is 3.58. The summed E-state index contributed by atoms with van der Waals surface area (Å²) in [7, 11) is 1.62. The Morgan fingerprint density at radius 3 is 2.35 bits per heavy atom. The maximum Gasteiger partial charge on any atom is 0.231 e. The Hall–Kier alpha value is -1.82. The molecule has 0 spiro atoms. The van der Waals surface area contributed by atoms with Crippen LogP contribution in [-0.4, -0.2) is 60.8 Å². The first-order valence-corrected chi connectivity index (χ1v) is 8.25. The van der Waals surface area contributed by atoms with Crippen molar-refractivity contribution >= 4 is 11.7 Å². The van der Waals surface area contributed by atoms with Crippen LogP contribution in [0.25, 0.3) is 0 Å². The van der Waals surface area contributed by atoms with Gasteiger partial charge in [0.05, 0.1) is 25.3 Å². The summed E-state index contributed by atoms with van der Waals surface area (Å²) in [5.41, 5.74) is -0.624. The smallest absolute Gasteiger partial charge is 0.231 e. The molecule has 1 aromatic rings. The van der Waals surface area contributed by atoms with E-state index in [-0.39, 0.29) is 12.5 Å². The summed E-state index contributed by atoms with van der Waals surface area (Å²) in [5.74, 6) is 1.71. The second kappa shape index (κ2) is 7.64. The van der Waals surface area contributed by atoms with Gasteiger partial charge in [-0.1, -0.05) is 13.8 Å². The number of hydrogen-bond acceptors (Lipinski definition) is 5. The Balaban J connectivity index is 1.98. The number of piperazine rings is 1. The number of anilines is 1. The molecule has 2 rings (SSSR count). The molecule has 2 heterocycles. The highest BCUT2D eigenvalue weighted by atomic mass is 16.5. The van der Waals surface area contributed by atoms with Gasteiger partial charge in [-0.05, 0) is 25.0 Å². The molecule has 1 aromatic heterocycles. The van der Waals surface area contributed by atoms with E-state index in [0.717, 1.165) is 24.7 Å². The zero-order valence-electron chi connectivity index (χ0n) is 14.3. The molecule has 0 aliphatic carbocycles. The van der Waals surface area contributed by atoms with Gasteiger partial charge in [-0.2, -0.15) is 0 Å². The monoisotopic (exact) mass is 321 g/mol. The third-order valence-electron chi connectivity index (χ3n) is 4.96. The summed E-state index contributed by atoms with van der Waals surface area (Å²) < 4.78 is 5.12. The Morgan fingerprint density at radius 1 is 1.26 bits per heavy atom. The van der Waals surface area contributed by atoms with Crippen molar-refractivity contribution in [3.8, 4) is 5.75 Å². The third-order valence-corrected chi connectivity index (χ3v) is 4.96. The Bertz CT molecular complexity index is 498. The molecule has 128 valence electrons. The van der Waals surface area contributed by atoms with E-state index in [0.29, 0.717) is 25.9 Å². The van der Waals surface area contributed by atoms with Crippen LogP contribution in [0.4, 0.5) is 5.82 Å². The predicted octanol–water partition coefficient (Wildman–Crippen LogP) is 1.54. The zero-order valence-corrected chi connectivity index (χ0v) is 14.3. The van der Waals surface area contributed by atoms with Gasteiger partial charge in [0.2, 0.25) is 5.91 Å². The molecule has 1 aliphatic heterocycles. The molecule has 1 fully saturated rings. The molecule has 6 nitrogen and oxygen atoms in total. The van der Waals surface area contributed by atoms with Crippen molar-refractivity contribution in [2.75, 3.05) is 44.8 Å². The molecule has 6 heteroatoms. The van der Waals surface area contributed by atoms with Crippen molar-refractivity contribution in [2.24, 2.45) is 5.41 Å². The lowest BCUT2D eigenvalue weighted by Gasteiger charge is -2.40. The first-order valence-electron chi connectivity index (χ1n) is 8.25. The number of nitrogens with zero attached hydrogens (tertiary/aromatic N) is 3.